The van der Waals surface area contributed by atoms with Crippen molar-refractivity contribution in [1.82, 2.24) is 0 Å². The van der Waals surface area contributed by atoms with Gasteiger partial charge in [-0.25, -0.2) is 0 Å². The zero-order chi connectivity index (χ0) is 26.8. The SMILES string of the molecule is CCN1CCCc2cc3c(cc21)Oc1cc2c(cc1C3C1C(=[N+]=[N-])C(=O)c3ccc(C)cc31)CCCN2CC. The first-order valence-electron chi connectivity index (χ1n) is 14.4. The summed E-state index contributed by atoms with van der Waals surface area (Å²) in [6, 6.07) is 15.0. The number of aryl methyl sites for hydroxylation is 3. The van der Waals surface area contributed by atoms with E-state index < -0.39 is 0 Å². The van der Waals surface area contributed by atoms with Crippen molar-refractivity contribution in [1.29, 1.82) is 0 Å². The summed E-state index contributed by atoms with van der Waals surface area (Å²) in [7, 11) is 0. The molecule has 0 saturated carbocycles. The molecule has 1 atom stereocenters. The lowest BCUT2D eigenvalue weighted by atomic mass is 9.73. The predicted molar refractivity (Wildman–Crippen MR) is 154 cm³/mol. The van der Waals surface area contributed by atoms with Crippen molar-refractivity contribution in [2.24, 2.45) is 0 Å². The Hall–Kier alpha value is -3.89. The van der Waals surface area contributed by atoms with Gasteiger partial charge in [-0.2, -0.15) is 4.79 Å². The first-order valence-corrected chi connectivity index (χ1v) is 14.4. The van der Waals surface area contributed by atoms with Crippen LogP contribution in [-0.4, -0.2) is 42.5 Å². The van der Waals surface area contributed by atoms with Gasteiger partial charge in [0.1, 0.15) is 17.4 Å². The van der Waals surface area contributed by atoms with Crippen molar-refractivity contribution >= 4 is 22.9 Å². The van der Waals surface area contributed by atoms with Crippen molar-refractivity contribution in [3.63, 3.8) is 0 Å². The lowest BCUT2D eigenvalue weighted by molar-refractivity contribution is -0.0103. The first-order chi connectivity index (χ1) is 19.0. The second kappa shape index (κ2) is 9.10. The summed E-state index contributed by atoms with van der Waals surface area (Å²) in [4.78, 5) is 22.0. The van der Waals surface area contributed by atoms with Crippen LogP contribution in [0.3, 0.4) is 0 Å². The quantitative estimate of drug-likeness (QED) is 0.296. The van der Waals surface area contributed by atoms with Gasteiger partial charge in [0.25, 0.3) is 5.78 Å². The van der Waals surface area contributed by atoms with Gasteiger partial charge in [-0.05, 0) is 75.3 Å². The van der Waals surface area contributed by atoms with Crippen LogP contribution in [0, 0.1) is 6.92 Å². The first kappa shape index (κ1) is 24.2. The molecule has 3 aromatic rings. The topological polar surface area (TPSA) is 69.2 Å². The molecule has 7 rings (SSSR count). The van der Waals surface area contributed by atoms with Crippen molar-refractivity contribution in [3.8, 4) is 11.5 Å². The van der Waals surface area contributed by atoms with E-state index in [1.807, 2.05) is 19.1 Å². The molecule has 0 amide bonds. The number of carbonyl (C=O) groups excluding carboxylic acids is 1. The Bertz CT molecular complexity index is 1510. The highest BCUT2D eigenvalue weighted by atomic mass is 16.5. The molecule has 3 heterocycles. The monoisotopic (exact) mass is 518 g/mol. The summed E-state index contributed by atoms with van der Waals surface area (Å²) >= 11 is 0. The zero-order valence-electron chi connectivity index (χ0n) is 23.0. The molecule has 0 radical (unpaired) electrons. The second-order valence-corrected chi connectivity index (χ2v) is 11.4. The number of fused-ring (bicyclic) bond motifs is 5. The van der Waals surface area contributed by atoms with Crippen molar-refractivity contribution < 1.29 is 14.3 Å². The summed E-state index contributed by atoms with van der Waals surface area (Å²) < 4.78 is 6.75. The van der Waals surface area contributed by atoms with Crippen LogP contribution in [0.1, 0.15) is 82.3 Å². The molecule has 0 fully saturated rings. The van der Waals surface area contributed by atoms with E-state index in [9.17, 15) is 10.3 Å². The van der Waals surface area contributed by atoms with Crippen molar-refractivity contribution in [2.75, 3.05) is 36.0 Å². The van der Waals surface area contributed by atoms with E-state index in [-0.39, 0.29) is 23.3 Å². The maximum absolute atomic E-state index is 13.5. The maximum Gasteiger partial charge on any atom is 0.347 e. The molecule has 3 aliphatic heterocycles. The molecule has 0 spiro atoms. The molecule has 0 N–H and O–H groups in total. The van der Waals surface area contributed by atoms with E-state index in [1.54, 1.807) is 0 Å². The highest BCUT2D eigenvalue weighted by Crippen LogP contribution is 2.56. The van der Waals surface area contributed by atoms with Gasteiger partial charge in [0.05, 0.1) is 0 Å². The normalized spacial score (nSPS) is 19.5. The number of ether oxygens (including phenoxy) is 1. The van der Waals surface area contributed by atoms with Crippen molar-refractivity contribution in [3.05, 3.63) is 86.9 Å². The van der Waals surface area contributed by atoms with Crippen LogP contribution in [0.2, 0.25) is 0 Å². The van der Waals surface area contributed by atoms with Gasteiger partial charge < -0.3 is 20.1 Å². The largest absolute Gasteiger partial charge is 0.457 e. The smallest absolute Gasteiger partial charge is 0.347 e. The van der Waals surface area contributed by atoms with Gasteiger partial charge >= 0.3 is 5.71 Å². The third-order valence-corrected chi connectivity index (χ3v) is 9.26. The van der Waals surface area contributed by atoms with Crippen LogP contribution < -0.4 is 14.5 Å². The van der Waals surface area contributed by atoms with Crippen molar-refractivity contribution in [2.45, 2.75) is 58.3 Å². The number of ketones is 1. The average Bonchev–Trinajstić information content (AvgIpc) is 3.23. The molecule has 1 unspecified atom stereocenters. The number of hydrogen-bond donors (Lipinski definition) is 0. The Morgan fingerprint density at radius 1 is 0.846 bits per heavy atom. The molecule has 0 saturated heterocycles. The number of rotatable bonds is 3. The molecule has 0 bridgehead atoms. The van der Waals surface area contributed by atoms with Gasteiger partial charge in [0.2, 0.25) is 0 Å². The average molecular weight is 519 g/mol. The van der Waals surface area contributed by atoms with E-state index >= 15 is 0 Å². The number of benzene rings is 3. The fourth-order valence-corrected chi connectivity index (χ4v) is 7.40. The summed E-state index contributed by atoms with van der Waals surface area (Å²) in [5, 5.41) is 0. The van der Waals surface area contributed by atoms with Gasteiger partial charge in [-0.3, -0.25) is 4.79 Å². The summed E-state index contributed by atoms with van der Waals surface area (Å²) in [6.45, 7) is 10.5. The molecule has 6 nitrogen and oxygen atoms in total. The fraction of sp³-hybridized carbons (Fsp3) is 0.394. The van der Waals surface area contributed by atoms with E-state index in [0.717, 1.165) is 85.6 Å². The Kier molecular flexibility index (Phi) is 5.64. The second-order valence-electron chi connectivity index (χ2n) is 11.4. The van der Waals surface area contributed by atoms with Crippen LogP contribution in [0.25, 0.3) is 5.53 Å². The van der Waals surface area contributed by atoms with Gasteiger partial charge in [0.15, 0.2) is 0 Å². The number of Topliss-reactive ketones (excluding diaryl/α,β-unsaturated/α-hetero) is 1. The third kappa shape index (κ3) is 3.58. The summed E-state index contributed by atoms with van der Waals surface area (Å²) in [5.74, 6) is 0.933. The lowest BCUT2D eigenvalue weighted by Gasteiger charge is -2.37. The highest BCUT2D eigenvalue weighted by molar-refractivity contribution is 6.49. The molecule has 4 aliphatic rings. The Morgan fingerprint density at radius 2 is 1.44 bits per heavy atom. The molecule has 1 aliphatic carbocycles. The van der Waals surface area contributed by atoms with Gasteiger partial charge in [-0.1, -0.05) is 23.8 Å². The molecule has 39 heavy (non-hydrogen) atoms. The molecule has 0 aromatic heterocycles. The molecule has 6 heteroatoms. The standard InChI is InChI=1S/C33H34N4O2/c1-4-36-12-6-8-20-15-24-28(17-26(20)36)39-29-18-27-21(9-7-13-37(27)5-2)16-25(29)30(24)31-23-14-19(3)10-11-22(23)33(38)32(31)35-34/h10-11,14-18,30-31H,4-9,12-13H2,1-3H3. The zero-order valence-corrected chi connectivity index (χ0v) is 23.0. The Labute approximate surface area is 229 Å². The minimum Gasteiger partial charge on any atom is -0.457 e. The Balaban J connectivity index is 1.50. The van der Waals surface area contributed by atoms with Crippen LogP contribution >= 0.6 is 0 Å². The van der Waals surface area contributed by atoms with Gasteiger partial charge in [0, 0.05) is 72.3 Å². The van der Waals surface area contributed by atoms with E-state index in [0.29, 0.717) is 5.56 Å². The summed E-state index contributed by atoms with van der Waals surface area (Å²) in [5.41, 5.74) is 20.4. The third-order valence-electron chi connectivity index (χ3n) is 9.26. The molecule has 3 aromatic carbocycles. The van der Waals surface area contributed by atoms with Crippen LogP contribution in [0.4, 0.5) is 11.4 Å². The molecular formula is C33H34N4O2. The number of hydrogen-bond acceptors (Lipinski definition) is 4. The fourth-order valence-electron chi connectivity index (χ4n) is 7.40. The number of anilines is 2. The van der Waals surface area contributed by atoms with Crippen LogP contribution in [0.15, 0.2) is 42.5 Å². The predicted octanol–water partition coefficient (Wildman–Crippen LogP) is 6.43. The number of carbonyl (C=O) groups is 1. The highest BCUT2D eigenvalue weighted by Gasteiger charge is 2.50. The van der Waals surface area contributed by atoms with E-state index in [4.69, 9.17) is 4.74 Å². The van der Waals surface area contributed by atoms with E-state index in [2.05, 4.69) is 58.8 Å². The summed E-state index contributed by atoms with van der Waals surface area (Å²) in [6.07, 6.45) is 4.29. The number of nitrogens with zero attached hydrogens (tertiary/aromatic N) is 4. The molecular weight excluding hydrogens is 484 g/mol. The Morgan fingerprint density at radius 3 is 1.97 bits per heavy atom. The minimum absolute atomic E-state index is 0.183. The molecule has 198 valence electrons. The van der Waals surface area contributed by atoms with Gasteiger partial charge in [-0.15, -0.1) is 0 Å². The maximum atomic E-state index is 13.5. The van der Waals surface area contributed by atoms with Crippen LogP contribution in [0.5, 0.6) is 11.5 Å². The lowest BCUT2D eigenvalue weighted by Crippen LogP contribution is -2.31. The minimum atomic E-state index is -0.383. The van der Waals surface area contributed by atoms with E-state index in [1.165, 1.54) is 22.5 Å². The van der Waals surface area contributed by atoms with Crippen LogP contribution in [-0.2, 0) is 12.8 Å².